The van der Waals surface area contributed by atoms with Gasteiger partial charge in [0, 0.05) is 6.42 Å². The topological polar surface area (TPSA) is 69.9 Å². The first kappa shape index (κ1) is 7.94. The third kappa shape index (κ3) is 1.67. The highest BCUT2D eigenvalue weighted by Gasteiger charge is 2.27. The fourth-order valence-electron chi connectivity index (χ4n) is 1.02. The van der Waals surface area contributed by atoms with E-state index in [0.717, 1.165) is 0 Å². The second kappa shape index (κ2) is 3.30. The zero-order valence-electron chi connectivity index (χ0n) is 5.60. The summed E-state index contributed by atoms with van der Waals surface area (Å²) in [7, 11) is 0. The molecular weight excluding hydrogens is 136 g/mol. The number of hydrogen-bond acceptors (Lipinski definition) is 4. The summed E-state index contributed by atoms with van der Waals surface area (Å²) in [5.41, 5.74) is 0. The van der Waals surface area contributed by atoms with E-state index >= 15 is 0 Å². The number of aliphatic hydroxyl groups excluding tert-OH is 3. The molecule has 0 saturated carbocycles. The Morgan fingerprint density at radius 2 is 2.00 bits per heavy atom. The first-order valence-electron chi connectivity index (χ1n) is 3.36. The Bertz CT molecular complexity index is 106. The minimum absolute atomic E-state index is 0.238. The van der Waals surface area contributed by atoms with Gasteiger partial charge in [-0.3, -0.25) is 0 Å². The molecule has 0 spiro atoms. The number of rotatable bonds is 1. The van der Waals surface area contributed by atoms with Gasteiger partial charge in [-0.2, -0.15) is 0 Å². The Hall–Kier alpha value is -0.160. The van der Waals surface area contributed by atoms with Gasteiger partial charge in [0.1, 0.15) is 6.10 Å². The van der Waals surface area contributed by atoms with Gasteiger partial charge in [0.05, 0.1) is 12.7 Å². The third-order valence-electron chi connectivity index (χ3n) is 1.65. The van der Waals surface area contributed by atoms with Crippen LogP contribution < -0.4 is 0 Å². The van der Waals surface area contributed by atoms with Crippen LogP contribution in [0, 0.1) is 0 Å². The van der Waals surface area contributed by atoms with Gasteiger partial charge in [0.2, 0.25) is 0 Å². The highest BCUT2D eigenvalue weighted by Crippen LogP contribution is 2.17. The molecule has 0 amide bonds. The maximum absolute atomic E-state index is 9.09. The largest absolute Gasteiger partial charge is 0.394 e. The van der Waals surface area contributed by atoms with E-state index in [1.165, 1.54) is 0 Å². The molecule has 4 nitrogen and oxygen atoms in total. The van der Waals surface area contributed by atoms with Crippen LogP contribution in [0.4, 0.5) is 0 Å². The Balaban J connectivity index is 2.38. The molecule has 0 aromatic rings. The summed E-state index contributed by atoms with van der Waals surface area (Å²) in [4.78, 5) is 0. The summed E-state index contributed by atoms with van der Waals surface area (Å²) >= 11 is 0. The molecule has 0 aromatic carbocycles. The van der Waals surface area contributed by atoms with Gasteiger partial charge in [0.25, 0.3) is 0 Å². The van der Waals surface area contributed by atoms with Crippen LogP contribution in [0.1, 0.15) is 12.8 Å². The van der Waals surface area contributed by atoms with Gasteiger partial charge in [-0.05, 0) is 6.42 Å². The van der Waals surface area contributed by atoms with Crippen molar-refractivity contribution in [3.63, 3.8) is 0 Å². The van der Waals surface area contributed by atoms with E-state index in [1.807, 2.05) is 0 Å². The van der Waals surface area contributed by atoms with Gasteiger partial charge in [-0.25, -0.2) is 0 Å². The first-order chi connectivity index (χ1) is 4.74. The van der Waals surface area contributed by atoms with E-state index in [1.54, 1.807) is 0 Å². The zero-order valence-corrected chi connectivity index (χ0v) is 5.60. The normalized spacial score (nSPS) is 41.7. The number of hydrogen-bond donors (Lipinski definition) is 3. The SMILES string of the molecule is OC[C@@H]1O[C@@H](O)CC[C@@H]1O. The Kier molecular flexibility index (Phi) is 2.62. The van der Waals surface area contributed by atoms with Gasteiger partial charge in [-0.15, -0.1) is 0 Å². The maximum atomic E-state index is 9.09. The Labute approximate surface area is 59.1 Å². The van der Waals surface area contributed by atoms with E-state index in [4.69, 9.17) is 20.1 Å². The van der Waals surface area contributed by atoms with Crippen LogP contribution in [-0.4, -0.2) is 40.4 Å². The molecule has 0 radical (unpaired) electrons. The van der Waals surface area contributed by atoms with Crippen molar-refractivity contribution in [1.82, 2.24) is 0 Å². The van der Waals surface area contributed by atoms with Crippen molar-refractivity contribution in [1.29, 1.82) is 0 Å². The van der Waals surface area contributed by atoms with E-state index in [9.17, 15) is 0 Å². The summed E-state index contributed by atoms with van der Waals surface area (Å²) in [5.74, 6) is 0. The molecular formula is C6H12O4. The highest BCUT2D eigenvalue weighted by atomic mass is 16.6. The monoisotopic (exact) mass is 148 g/mol. The zero-order chi connectivity index (χ0) is 7.56. The average molecular weight is 148 g/mol. The van der Waals surface area contributed by atoms with E-state index in [0.29, 0.717) is 12.8 Å². The minimum atomic E-state index is -0.819. The molecule has 60 valence electrons. The molecule has 1 aliphatic rings. The lowest BCUT2D eigenvalue weighted by Crippen LogP contribution is -2.40. The standard InChI is InChI=1S/C6H12O4/c7-3-5-4(8)1-2-6(9)10-5/h4-9H,1-3H2/t4-,5-,6+/m0/s1. The lowest BCUT2D eigenvalue weighted by Gasteiger charge is -2.29. The average Bonchev–Trinajstić information content (AvgIpc) is 1.94. The number of ether oxygens (including phenoxy) is 1. The Morgan fingerprint density at radius 3 is 2.50 bits per heavy atom. The third-order valence-corrected chi connectivity index (χ3v) is 1.65. The van der Waals surface area contributed by atoms with Crippen LogP contribution in [0.2, 0.25) is 0 Å². The second-order valence-electron chi connectivity index (χ2n) is 2.46. The molecule has 3 atom stereocenters. The van der Waals surface area contributed by atoms with Crippen molar-refractivity contribution < 1.29 is 20.1 Å². The van der Waals surface area contributed by atoms with Crippen molar-refractivity contribution in [3.05, 3.63) is 0 Å². The predicted octanol–water partition coefficient (Wildman–Crippen LogP) is -1.16. The summed E-state index contributed by atoms with van der Waals surface area (Å²) in [5, 5.41) is 26.6. The van der Waals surface area contributed by atoms with Crippen molar-refractivity contribution in [2.24, 2.45) is 0 Å². The smallest absolute Gasteiger partial charge is 0.155 e. The molecule has 4 heteroatoms. The first-order valence-corrected chi connectivity index (χ1v) is 3.36. The molecule has 0 aromatic heterocycles. The lowest BCUT2D eigenvalue weighted by molar-refractivity contribution is -0.207. The van der Waals surface area contributed by atoms with Gasteiger partial charge in [0.15, 0.2) is 6.29 Å². The lowest BCUT2D eigenvalue weighted by atomic mass is 10.1. The summed E-state index contributed by atoms with van der Waals surface area (Å²) in [6.45, 7) is -0.238. The van der Waals surface area contributed by atoms with E-state index in [-0.39, 0.29) is 6.61 Å². The van der Waals surface area contributed by atoms with Crippen LogP contribution in [0.25, 0.3) is 0 Å². The summed E-state index contributed by atoms with van der Waals surface area (Å²) in [6, 6.07) is 0. The van der Waals surface area contributed by atoms with E-state index in [2.05, 4.69) is 0 Å². The van der Waals surface area contributed by atoms with E-state index < -0.39 is 18.5 Å². The minimum Gasteiger partial charge on any atom is -0.394 e. The fraction of sp³-hybridized carbons (Fsp3) is 1.00. The quantitative estimate of drug-likeness (QED) is 0.438. The van der Waals surface area contributed by atoms with Crippen LogP contribution in [-0.2, 0) is 4.74 Å². The molecule has 1 heterocycles. The van der Waals surface area contributed by atoms with Crippen LogP contribution in [0.15, 0.2) is 0 Å². The molecule has 1 rings (SSSR count). The molecule has 3 N–H and O–H groups in total. The van der Waals surface area contributed by atoms with Crippen molar-refractivity contribution in [2.75, 3.05) is 6.61 Å². The molecule has 1 aliphatic heterocycles. The predicted molar refractivity (Wildman–Crippen MR) is 33.2 cm³/mol. The molecule has 0 unspecified atom stereocenters. The van der Waals surface area contributed by atoms with Crippen molar-refractivity contribution >= 4 is 0 Å². The van der Waals surface area contributed by atoms with Crippen LogP contribution >= 0.6 is 0 Å². The van der Waals surface area contributed by atoms with Gasteiger partial charge >= 0.3 is 0 Å². The molecule has 10 heavy (non-hydrogen) atoms. The van der Waals surface area contributed by atoms with Crippen LogP contribution in [0.5, 0.6) is 0 Å². The fourth-order valence-corrected chi connectivity index (χ4v) is 1.02. The van der Waals surface area contributed by atoms with Crippen molar-refractivity contribution in [3.8, 4) is 0 Å². The summed E-state index contributed by atoms with van der Waals surface area (Å²) in [6.07, 6.45) is -1.12. The Morgan fingerprint density at radius 1 is 1.30 bits per heavy atom. The van der Waals surface area contributed by atoms with Gasteiger partial charge < -0.3 is 20.1 Å². The molecule has 0 aliphatic carbocycles. The molecule has 0 bridgehead atoms. The highest BCUT2D eigenvalue weighted by molar-refractivity contribution is 4.73. The summed E-state index contributed by atoms with van der Waals surface area (Å²) < 4.78 is 4.80. The number of aliphatic hydroxyl groups is 3. The van der Waals surface area contributed by atoms with Crippen LogP contribution in [0.3, 0.4) is 0 Å². The van der Waals surface area contributed by atoms with Crippen molar-refractivity contribution in [2.45, 2.75) is 31.3 Å². The second-order valence-corrected chi connectivity index (χ2v) is 2.46. The van der Waals surface area contributed by atoms with Gasteiger partial charge in [-0.1, -0.05) is 0 Å². The maximum Gasteiger partial charge on any atom is 0.155 e. The molecule has 1 fully saturated rings. The molecule has 1 saturated heterocycles.